The SMILES string of the molecule is COCCN1C(=O)C(=O)C(=C(O)c2ccc(S(=O)(=O)N(C)C)cc2)C12C(=O)N(C)c1ccccc12. The van der Waals surface area contributed by atoms with Crippen molar-refractivity contribution in [1.29, 1.82) is 0 Å². The van der Waals surface area contributed by atoms with E-state index in [2.05, 4.69) is 0 Å². The number of ketones is 1. The van der Waals surface area contributed by atoms with E-state index in [1.165, 1.54) is 57.4 Å². The minimum absolute atomic E-state index is 0.0173. The van der Waals surface area contributed by atoms with Crippen LogP contribution in [0.15, 0.2) is 59.0 Å². The first kappa shape index (κ1) is 24.6. The molecule has 10 nitrogen and oxygen atoms in total. The summed E-state index contributed by atoms with van der Waals surface area (Å²) in [5.41, 5.74) is -1.28. The molecule has 2 aromatic carbocycles. The number of anilines is 1. The molecule has 4 rings (SSSR count). The fraction of sp³-hybridized carbons (Fsp3) is 0.292. The van der Waals surface area contributed by atoms with Gasteiger partial charge in [-0.2, -0.15) is 0 Å². The van der Waals surface area contributed by atoms with Crippen molar-refractivity contribution in [3.05, 3.63) is 65.2 Å². The number of carbonyl (C=O) groups is 3. The monoisotopic (exact) mass is 499 g/mol. The molecule has 1 fully saturated rings. The molecule has 0 bridgehead atoms. The average molecular weight is 500 g/mol. The molecule has 11 heteroatoms. The summed E-state index contributed by atoms with van der Waals surface area (Å²) in [7, 11) is 2.03. The van der Waals surface area contributed by atoms with Gasteiger partial charge < -0.3 is 19.6 Å². The molecule has 1 spiro atoms. The lowest BCUT2D eigenvalue weighted by Crippen LogP contribution is -2.52. The van der Waals surface area contributed by atoms with E-state index in [0.29, 0.717) is 11.3 Å². The molecule has 2 amide bonds. The van der Waals surface area contributed by atoms with Crippen LogP contribution in [0.1, 0.15) is 11.1 Å². The number of para-hydroxylation sites is 1. The summed E-state index contributed by atoms with van der Waals surface area (Å²) in [4.78, 5) is 42.7. The third-order valence-electron chi connectivity index (χ3n) is 6.36. The number of benzene rings is 2. The Morgan fingerprint density at radius 2 is 1.69 bits per heavy atom. The average Bonchev–Trinajstić information content (AvgIpc) is 3.20. The largest absolute Gasteiger partial charge is 0.507 e. The molecular weight excluding hydrogens is 474 g/mol. The first-order valence-corrected chi connectivity index (χ1v) is 12.1. The van der Waals surface area contributed by atoms with Crippen molar-refractivity contribution in [2.45, 2.75) is 10.4 Å². The minimum atomic E-state index is -3.72. The number of fused-ring (bicyclic) bond motifs is 2. The van der Waals surface area contributed by atoms with Gasteiger partial charge in [0.25, 0.3) is 17.6 Å². The first-order chi connectivity index (χ1) is 16.5. The number of likely N-dealkylation sites (tertiary alicyclic amines) is 1. The number of amides is 2. The van der Waals surface area contributed by atoms with E-state index in [0.717, 1.165) is 9.21 Å². The van der Waals surface area contributed by atoms with Crippen LogP contribution in [0.2, 0.25) is 0 Å². The van der Waals surface area contributed by atoms with Crippen molar-refractivity contribution in [2.24, 2.45) is 0 Å². The molecule has 1 saturated heterocycles. The zero-order chi connectivity index (χ0) is 25.7. The molecule has 2 heterocycles. The molecule has 0 aromatic heterocycles. The van der Waals surface area contributed by atoms with Gasteiger partial charge in [-0.25, -0.2) is 12.7 Å². The predicted molar refractivity (Wildman–Crippen MR) is 127 cm³/mol. The highest BCUT2D eigenvalue weighted by Crippen LogP contribution is 2.53. The van der Waals surface area contributed by atoms with E-state index in [9.17, 15) is 27.9 Å². The van der Waals surface area contributed by atoms with Gasteiger partial charge in [0.2, 0.25) is 10.0 Å². The number of aliphatic hydroxyl groups excluding tert-OH is 1. The zero-order valence-corrected chi connectivity index (χ0v) is 20.5. The van der Waals surface area contributed by atoms with Crippen molar-refractivity contribution in [1.82, 2.24) is 9.21 Å². The Hall–Kier alpha value is -3.54. The Bertz CT molecular complexity index is 1370. The number of carbonyl (C=O) groups excluding carboxylic acids is 3. The number of rotatable bonds is 6. The predicted octanol–water partition coefficient (Wildman–Crippen LogP) is 1.14. The van der Waals surface area contributed by atoms with Crippen LogP contribution in [-0.4, -0.2) is 81.7 Å². The van der Waals surface area contributed by atoms with Crippen LogP contribution in [0.3, 0.4) is 0 Å². The summed E-state index contributed by atoms with van der Waals surface area (Å²) in [6.07, 6.45) is 0. The lowest BCUT2D eigenvalue weighted by atomic mass is 9.82. The summed E-state index contributed by atoms with van der Waals surface area (Å²) < 4.78 is 31.0. The van der Waals surface area contributed by atoms with Crippen LogP contribution in [0.5, 0.6) is 0 Å². The fourth-order valence-corrected chi connectivity index (χ4v) is 5.50. The third kappa shape index (κ3) is 3.38. The Kier molecular flexibility index (Phi) is 6.04. The van der Waals surface area contributed by atoms with Crippen LogP contribution >= 0.6 is 0 Å². The number of hydrogen-bond acceptors (Lipinski definition) is 7. The van der Waals surface area contributed by atoms with Crippen molar-refractivity contribution in [3.63, 3.8) is 0 Å². The van der Waals surface area contributed by atoms with E-state index in [1.807, 2.05) is 0 Å². The molecule has 0 radical (unpaired) electrons. The van der Waals surface area contributed by atoms with Gasteiger partial charge in [0, 0.05) is 51.6 Å². The maximum atomic E-state index is 13.8. The molecule has 184 valence electrons. The molecule has 1 N–H and O–H groups in total. The second kappa shape index (κ2) is 8.59. The van der Waals surface area contributed by atoms with Gasteiger partial charge in [-0.05, 0) is 30.3 Å². The zero-order valence-electron chi connectivity index (χ0n) is 19.7. The van der Waals surface area contributed by atoms with Gasteiger partial charge in [-0.15, -0.1) is 0 Å². The van der Waals surface area contributed by atoms with Crippen molar-refractivity contribution >= 4 is 39.1 Å². The summed E-state index contributed by atoms with van der Waals surface area (Å²) in [6.45, 7) is -0.00313. The highest BCUT2D eigenvalue weighted by molar-refractivity contribution is 7.89. The Labute approximate surface area is 203 Å². The lowest BCUT2D eigenvalue weighted by molar-refractivity contribution is -0.144. The number of likely N-dealkylation sites (N-methyl/N-ethyl adjacent to an activating group) is 1. The normalized spacial score (nSPS) is 21.5. The van der Waals surface area contributed by atoms with E-state index < -0.39 is 38.9 Å². The van der Waals surface area contributed by atoms with Gasteiger partial charge in [0.05, 0.1) is 17.1 Å². The smallest absolute Gasteiger partial charge is 0.296 e. The van der Waals surface area contributed by atoms with Crippen LogP contribution < -0.4 is 4.90 Å². The topological polar surface area (TPSA) is 125 Å². The summed E-state index contributed by atoms with van der Waals surface area (Å²) in [6, 6.07) is 12.0. The molecule has 2 aliphatic heterocycles. The van der Waals surface area contributed by atoms with E-state index in [-0.39, 0.29) is 29.2 Å². The molecule has 2 aromatic rings. The Balaban J connectivity index is 1.97. The fourth-order valence-electron chi connectivity index (χ4n) is 4.59. The maximum absolute atomic E-state index is 13.8. The van der Waals surface area contributed by atoms with Crippen LogP contribution in [0.4, 0.5) is 5.69 Å². The third-order valence-corrected chi connectivity index (χ3v) is 8.19. The van der Waals surface area contributed by atoms with Gasteiger partial charge in [-0.3, -0.25) is 14.4 Å². The van der Waals surface area contributed by atoms with Gasteiger partial charge in [0.1, 0.15) is 5.76 Å². The number of hydrogen-bond donors (Lipinski definition) is 1. The van der Waals surface area contributed by atoms with E-state index in [1.54, 1.807) is 24.3 Å². The second-order valence-corrected chi connectivity index (χ2v) is 10.6. The summed E-state index contributed by atoms with van der Waals surface area (Å²) >= 11 is 0. The number of methoxy groups -OCH3 is 1. The molecular formula is C24H25N3O7S. The number of sulfonamides is 1. The molecule has 35 heavy (non-hydrogen) atoms. The summed E-state index contributed by atoms with van der Waals surface area (Å²) in [5.74, 6) is -3.09. The van der Waals surface area contributed by atoms with Crippen molar-refractivity contribution in [2.75, 3.05) is 46.3 Å². The first-order valence-electron chi connectivity index (χ1n) is 10.7. The molecule has 1 atom stereocenters. The van der Waals surface area contributed by atoms with Gasteiger partial charge >= 0.3 is 0 Å². The molecule has 2 aliphatic rings. The quantitative estimate of drug-likeness (QED) is 0.359. The van der Waals surface area contributed by atoms with Crippen LogP contribution in [0, 0.1) is 0 Å². The lowest BCUT2D eigenvalue weighted by Gasteiger charge is -2.34. The van der Waals surface area contributed by atoms with Gasteiger partial charge in [-0.1, -0.05) is 18.2 Å². The number of Topliss-reactive ketones (excluding diaryl/α,β-unsaturated/α-hetero) is 1. The highest BCUT2D eigenvalue weighted by Gasteiger charge is 2.66. The highest BCUT2D eigenvalue weighted by atomic mass is 32.2. The number of ether oxygens (including phenoxy) is 1. The Morgan fingerprint density at radius 1 is 1.06 bits per heavy atom. The number of nitrogens with zero attached hydrogens (tertiary/aromatic N) is 3. The number of aliphatic hydroxyl groups is 1. The molecule has 0 saturated carbocycles. The molecule has 0 aliphatic carbocycles. The second-order valence-electron chi connectivity index (χ2n) is 8.41. The van der Waals surface area contributed by atoms with E-state index in [4.69, 9.17) is 4.74 Å². The molecule has 1 unspecified atom stereocenters. The Morgan fingerprint density at radius 3 is 2.29 bits per heavy atom. The maximum Gasteiger partial charge on any atom is 0.296 e. The van der Waals surface area contributed by atoms with Crippen LogP contribution in [0.25, 0.3) is 5.76 Å². The van der Waals surface area contributed by atoms with E-state index >= 15 is 0 Å². The standard InChI is InChI=1S/C24H25N3O7S/c1-25(2)35(32,33)16-11-9-15(10-12-16)20(28)19-21(29)22(30)27(13-14-34-4)24(19)17-7-5-6-8-18(17)26(3)23(24)31/h5-12,28H,13-14H2,1-4H3. The van der Waals surface area contributed by atoms with Crippen LogP contribution in [-0.2, 0) is 34.7 Å². The van der Waals surface area contributed by atoms with Gasteiger partial charge in [0.15, 0.2) is 5.54 Å². The van der Waals surface area contributed by atoms with Crippen molar-refractivity contribution in [3.8, 4) is 0 Å². The van der Waals surface area contributed by atoms with Crippen molar-refractivity contribution < 1.29 is 32.6 Å². The minimum Gasteiger partial charge on any atom is -0.507 e. The summed E-state index contributed by atoms with van der Waals surface area (Å²) in [5, 5.41) is 11.3.